The van der Waals surface area contributed by atoms with Gasteiger partial charge in [0.2, 0.25) is 15.9 Å². The normalized spacial score (nSPS) is 25.8. The van der Waals surface area contributed by atoms with Gasteiger partial charge in [0.25, 0.3) is 0 Å². The molecule has 1 amide bonds. The fourth-order valence-corrected chi connectivity index (χ4v) is 7.45. The predicted molar refractivity (Wildman–Crippen MR) is 122 cm³/mol. The van der Waals surface area contributed by atoms with Crippen molar-refractivity contribution in [3.8, 4) is 5.75 Å². The van der Waals surface area contributed by atoms with Crippen LogP contribution in [0.4, 0.5) is 5.69 Å². The first-order valence-electron chi connectivity index (χ1n) is 11.3. The Labute approximate surface area is 189 Å². The first-order valence-corrected chi connectivity index (χ1v) is 12.7. The second-order valence-electron chi connectivity index (χ2n) is 8.80. The highest BCUT2D eigenvalue weighted by atomic mass is 32.2. The highest BCUT2D eigenvalue weighted by Crippen LogP contribution is 2.46. The Kier molecular flexibility index (Phi) is 5.59. The van der Waals surface area contributed by atoms with Crippen LogP contribution in [0, 0.1) is 5.92 Å². The minimum atomic E-state index is -3.71. The number of piperidine rings is 1. The maximum atomic E-state index is 13.6. The lowest BCUT2D eigenvalue weighted by atomic mass is 9.98. The highest BCUT2D eigenvalue weighted by molar-refractivity contribution is 7.89. The Bertz CT molecular complexity index is 1080. The van der Waals surface area contributed by atoms with Gasteiger partial charge in [-0.3, -0.25) is 4.79 Å². The second-order valence-corrected chi connectivity index (χ2v) is 10.6. The zero-order valence-corrected chi connectivity index (χ0v) is 19.1. The number of piperazine rings is 1. The SMILES string of the molecule is COc1ccccc1N1CCN(C(=O)[C@H]2[C@H]3CC[C@@H](C3)N2S(=O)(=O)c2ccccc2)CC1. The summed E-state index contributed by atoms with van der Waals surface area (Å²) in [7, 11) is -2.04. The zero-order chi connectivity index (χ0) is 22.3. The van der Waals surface area contributed by atoms with Crippen LogP contribution in [0.2, 0.25) is 0 Å². The second kappa shape index (κ2) is 8.41. The lowest BCUT2D eigenvalue weighted by Gasteiger charge is -2.40. The molecular formula is C24H29N3O4S. The number of amides is 1. The quantitative estimate of drug-likeness (QED) is 0.693. The van der Waals surface area contributed by atoms with E-state index in [0.717, 1.165) is 30.7 Å². The molecule has 0 N–H and O–H groups in total. The summed E-state index contributed by atoms with van der Waals surface area (Å²) >= 11 is 0. The average molecular weight is 456 g/mol. The third kappa shape index (κ3) is 3.55. The van der Waals surface area contributed by atoms with Crippen LogP contribution in [0.5, 0.6) is 5.75 Å². The van der Waals surface area contributed by atoms with Gasteiger partial charge in [-0.1, -0.05) is 30.3 Å². The Balaban J connectivity index is 1.34. The third-order valence-corrected chi connectivity index (χ3v) is 9.06. The molecule has 7 nitrogen and oxygen atoms in total. The van der Waals surface area contributed by atoms with E-state index in [-0.39, 0.29) is 22.8 Å². The number of hydrogen-bond acceptors (Lipinski definition) is 5. The van der Waals surface area contributed by atoms with Crippen molar-refractivity contribution in [1.82, 2.24) is 9.21 Å². The molecule has 2 heterocycles. The van der Waals surface area contributed by atoms with Crippen LogP contribution in [0.1, 0.15) is 19.3 Å². The summed E-state index contributed by atoms with van der Waals surface area (Å²) in [6.45, 7) is 2.53. The number of carbonyl (C=O) groups is 1. The van der Waals surface area contributed by atoms with Gasteiger partial charge in [-0.05, 0) is 49.4 Å². The molecule has 0 unspecified atom stereocenters. The van der Waals surface area contributed by atoms with E-state index >= 15 is 0 Å². The molecule has 5 rings (SSSR count). The van der Waals surface area contributed by atoms with E-state index in [1.54, 1.807) is 37.4 Å². The lowest BCUT2D eigenvalue weighted by Crippen LogP contribution is -2.57. The van der Waals surface area contributed by atoms with Crippen molar-refractivity contribution in [2.75, 3.05) is 38.2 Å². The highest BCUT2D eigenvalue weighted by Gasteiger charge is 2.55. The van der Waals surface area contributed by atoms with Crippen molar-refractivity contribution in [2.45, 2.75) is 36.2 Å². The van der Waals surface area contributed by atoms with Gasteiger partial charge < -0.3 is 14.5 Å². The van der Waals surface area contributed by atoms with E-state index in [9.17, 15) is 13.2 Å². The number of nitrogens with zero attached hydrogens (tertiary/aromatic N) is 3. The van der Waals surface area contributed by atoms with Crippen LogP contribution in [-0.4, -0.2) is 68.9 Å². The maximum Gasteiger partial charge on any atom is 0.244 e. The van der Waals surface area contributed by atoms with E-state index < -0.39 is 16.1 Å². The van der Waals surface area contributed by atoms with E-state index in [2.05, 4.69) is 4.90 Å². The van der Waals surface area contributed by atoms with Gasteiger partial charge in [0.1, 0.15) is 11.8 Å². The summed E-state index contributed by atoms with van der Waals surface area (Å²) < 4.78 is 33.9. The summed E-state index contributed by atoms with van der Waals surface area (Å²) in [6.07, 6.45) is 2.54. The average Bonchev–Trinajstić information content (AvgIpc) is 3.46. The number of para-hydroxylation sites is 2. The molecule has 2 bridgehead atoms. The Morgan fingerprint density at radius 1 is 0.938 bits per heavy atom. The minimum absolute atomic E-state index is 0.0450. The molecule has 1 aliphatic carbocycles. The zero-order valence-electron chi connectivity index (χ0n) is 18.3. The number of ether oxygens (including phenoxy) is 1. The molecule has 32 heavy (non-hydrogen) atoms. The summed E-state index contributed by atoms with van der Waals surface area (Å²) in [5, 5.41) is 0. The van der Waals surface area contributed by atoms with Crippen molar-refractivity contribution in [2.24, 2.45) is 5.92 Å². The van der Waals surface area contributed by atoms with Gasteiger partial charge in [-0.25, -0.2) is 8.42 Å². The third-order valence-electron chi connectivity index (χ3n) is 7.11. The van der Waals surface area contributed by atoms with E-state index in [0.29, 0.717) is 26.2 Å². The number of hydrogen-bond donors (Lipinski definition) is 0. The van der Waals surface area contributed by atoms with Crippen molar-refractivity contribution in [1.29, 1.82) is 0 Å². The first kappa shape index (κ1) is 21.3. The number of anilines is 1. The van der Waals surface area contributed by atoms with Gasteiger partial charge in [0.05, 0.1) is 17.7 Å². The fraction of sp³-hybridized carbons (Fsp3) is 0.458. The molecule has 3 fully saturated rings. The molecule has 8 heteroatoms. The number of carbonyl (C=O) groups excluding carboxylic acids is 1. The number of sulfonamides is 1. The number of benzene rings is 2. The maximum absolute atomic E-state index is 13.6. The van der Waals surface area contributed by atoms with Crippen LogP contribution in [0.15, 0.2) is 59.5 Å². The smallest absolute Gasteiger partial charge is 0.244 e. The van der Waals surface area contributed by atoms with E-state index in [4.69, 9.17) is 4.74 Å². The molecular weight excluding hydrogens is 426 g/mol. The largest absolute Gasteiger partial charge is 0.495 e. The molecule has 0 spiro atoms. The van der Waals surface area contributed by atoms with Crippen molar-refractivity contribution in [3.63, 3.8) is 0 Å². The van der Waals surface area contributed by atoms with Gasteiger partial charge in [0.15, 0.2) is 0 Å². The molecule has 170 valence electrons. The van der Waals surface area contributed by atoms with Crippen molar-refractivity contribution < 1.29 is 17.9 Å². The minimum Gasteiger partial charge on any atom is -0.495 e. The van der Waals surface area contributed by atoms with E-state index in [1.807, 2.05) is 29.2 Å². The number of fused-ring (bicyclic) bond motifs is 2. The number of methoxy groups -OCH3 is 1. The standard InChI is InChI=1S/C24H29N3O4S/c1-31-22-10-6-5-9-21(22)25-13-15-26(16-14-25)24(28)23-18-11-12-19(17-18)27(23)32(29,30)20-7-3-2-4-8-20/h2-10,18-19,23H,11-17H2,1H3/t18-,19-,23+/m0/s1. The van der Waals surface area contributed by atoms with Crippen LogP contribution >= 0.6 is 0 Å². The molecule has 2 aliphatic heterocycles. The molecule has 0 aromatic heterocycles. The van der Waals surface area contributed by atoms with Crippen molar-refractivity contribution in [3.05, 3.63) is 54.6 Å². The fourth-order valence-electron chi connectivity index (χ4n) is 5.56. The first-order chi connectivity index (χ1) is 15.5. The molecule has 2 aromatic carbocycles. The summed E-state index contributed by atoms with van der Waals surface area (Å²) in [4.78, 5) is 18.0. The van der Waals surface area contributed by atoms with Crippen LogP contribution in [-0.2, 0) is 14.8 Å². The lowest BCUT2D eigenvalue weighted by molar-refractivity contribution is -0.137. The monoisotopic (exact) mass is 455 g/mol. The van der Waals surface area contributed by atoms with Crippen LogP contribution in [0.25, 0.3) is 0 Å². The van der Waals surface area contributed by atoms with Crippen LogP contribution in [0.3, 0.4) is 0 Å². The summed E-state index contributed by atoms with van der Waals surface area (Å²) in [6, 6.07) is 15.7. The molecule has 3 atom stereocenters. The molecule has 0 radical (unpaired) electrons. The summed E-state index contributed by atoms with van der Waals surface area (Å²) in [5.41, 5.74) is 1.02. The van der Waals surface area contributed by atoms with Gasteiger partial charge in [0, 0.05) is 32.2 Å². The Hall–Kier alpha value is -2.58. The molecule has 2 aromatic rings. The van der Waals surface area contributed by atoms with Gasteiger partial charge in [-0.2, -0.15) is 4.31 Å². The molecule has 1 saturated carbocycles. The predicted octanol–water partition coefficient (Wildman–Crippen LogP) is 2.59. The van der Waals surface area contributed by atoms with E-state index in [1.165, 1.54) is 4.31 Å². The Morgan fingerprint density at radius 3 is 2.34 bits per heavy atom. The van der Waals surface area contributed by atoms with Crippen molar-refractivity contribution >= 4 is 21.6 Å². The van der Waals surface area contributed by atoms with Gasteiger partial charge >= 0.3 is 0 Å². The topological polar surface area (TPSA) is 70.2 Å². The molecule has 3 aliphatic rings. The summed E-state index contributed by atoms with van der Waals surface area (Å²) in [5.74, 6) is 0.884. The molecule has 2 saturated heterocycles. The number of rotatable bonds is 5. The van der Waals surface area contributed by atoms with Gasteiger partial charge in [-0.15, -0.1) is 0 Å². The Morgan fingerprint density at radius 2 is 1.62 bits per heavy atom. The van der Waals surface area contributed by atoms with Crippen LogP contribution < -0.4 is 9.64 Å².